The molecule has 0 aliphatic carbocycles. The van der Waals surface area contributed by atoms with E-state index >= 15 is 0 Å². The highest BCUT2D eigenvalue weighted by atomic mass is 31.3. The van der Waals surface area contributed by atoms with E-state index in [2.05, 4.69) is 14.2 Å². The van der Waals surface area contributed by atoms with Crippen molar-refractivity contribution in [2.75, 3.05) is 19.6 Å². The molecule has 1 aliphatic rings. The van der Waals surface area contributed by atoms with Gasteiger partial charge in [0.25, 0.3) is 0 Å². The van der Waals surface area contributed by atoms with Crippen molar-refractivity contribution < 1.29 is 42.0 Å². The molecule has 0 bridgehead atoms. The van der Waals surface area contributed by atoms with E-state index in [1.54, 1.807) is 0 Å². The van der Waals surface area contributed by atoms with E-state index in [0.717, 1.165) is 5.06 Å². The number of rotatable bonds is 10. The number of phosphoric acid groups is 2. The van der Waals surface area contributed by atoms with E-state index in [1.807, 2.05) is 0 Å². The molecule has 0 aromatic rings. The quantitative estimate of drug-likeness (QED) is 0.233. The molecule has 1 heterocycles. The summed E-state index contributed by atoms with van der Waals surface area (Å²) in [6, 6.07) is -2.01. The Balaban J connectivity index is 2.62. The molecule has 0 spiro atoms. The maximum absolute atomic E-state index is 12.4. The Labute approximate surface area is 143 Å². The summed E-state index contributed by atoms with van der Waals surface area (Å²) in [5.41, 5.74) is 10.4. The molecule has 2 atom stereocenters. The lowest BCUT2D eigenvalue weighted by atomic mass is 10.2. The molecule has 0 aromatic heterocycles. The summed E-state index contributed by atoms with van der Waals surface area (Å²) in [6.45, 7) is 0.811. The monoisotopic (exact) mass is 404 g/mol. The molecule has 0 radical (unpaired) electrons. The highest BCUT2D eigenvalue weighted by molar-refractivity contribution is 7.61. The van der Waals surface area contributed by atoms with Crippen LogP contribution in [0.2, 0.25) is 0 Å². The van der Waals surface area contributed by atoms with Crippen LogP contribution in [0.5, 0.6) is 0 Å². The largest absolute Gasteiger partial charge is 0.558 e. The molecule has 2 amide bonds. The van der Waals surface area contributed by atoms with Crippen molar-refractivity contribution in [1.29, 1.82) is 0 Å². The van der Waals surface area contributed by atoms with Gasteiger partial charge in [0, 0.05) is 19.6 Å². The minimum absolute atomic E-state index is 0.0265. The first kappa shape index (κ1) is 22.0. The van der Waals surface area contributed by atoms with E-state index in [9.17, 15) is 18.7 Å². The van der Waals surface area contributed by atoms with Crippen LogP contribution in [0, 0.1) is 0 Å². The molecule has 13 nitrogen and oxygen atoms in total. The van der Waals surface area contributed by atoms with Gasteiger partial charge in [-0.1, -0.05) is 0 Å². The lowest BCUT2D eigenvalue weighted by molar-refractivity contribution is -0.141. The Morgan fingerprint density at radius 2 is 1.84 bits per heavy atom. The van der Waals surface area contributed by atoms with E-state index < -0.39 is 33.7 Å². The van der Waals surface area contributed by atoms with Crippen LogP contribution in [0.3, 0.4) is 0 Å². The van der Waals surface area contributed by atoms with Gasteiger partial charge in [-0.3, -0.25) is 0 Å². The summed E-state index contributed by atoms with van der Waals surface area (Å²) in [5, 5.41) is 3.42. The zero-order chi connectivity index (χ0) is 19.1. The zero-order valence-electron chi connectivity index (χ0n) is 13.3. The van der Waals surface area contributed by atoms with Gasteiger partial charge >= 0.3 is 27.6 Å². The molecule has 0 saturated carbocycles. The molecular formula is C10H22N4O9P2. The van der Waals surface area contributed by atoms with Crippen molar-refractivity contribution in [3.05, 3.63) is 0 Å². The highest BCUT2D eigenvalue weighted by Crippen LogP contribution is 2.61. The molecule has 1 unspecified atom stereocenters. The van der Waals surface area contributed by atoms with Gasteiger partial charge in [0.1, 0.15) is 6.04 Å². The van der Waals surface area contributed by atoms with Gasteiger partial charge in [0.05, 0.1) is 0 Å². The third-order valence-electron chi connectivity index (χ3n) is 2.98. The van der Waals surface area contributed by atoms with E-state index in [4.69, 9.17) is 25.9 Å². The number of carbonyl (C=O) groups is 2. The fourth-order valence-corrected chi connectivity index (χ4v) is 4.05. The van der Waals surface area contributed by atoms with Crippen LogP contribution in [-0.2, 0) is 27.4 Å². The molecule has 0 aromatic carbocycles. The first-order chi connectivity index (χ1) is 11.5. The SMILES string of the molecule is NC(=O)NCCC[C@H](N)C(=O)OP(=O)(ON1CCCC1)OP(=O)(O)O. The Morgan fingerprint density at radius 3 is 2.36 bits per heavy atom. The molecule has 1 rings (SSSR count). The van der Waals surface area contributed by atoms with Crippen LogP contribution in [0.15, 0.2) is 0 Å². The number of primary amides is 1. The normalized spacial score (nSPS) is 19.2. The number of hydrogen-bond donors (Lipinski definition) is 5. The zero-order valence-corrected chi connectivity index (χ0v) is 15.1. The van der Waals surface area contributed by atoms with Gasteiger partial charge in [-0.2, -0.15) is 14.0 Å². The van der Waals surface area contributed by atoms with Crippen LogP contribution in [0.1, 0.15) is 25.7 Å². The second-order valence-electron chi connectivity index (χ2n) is 5.19. The summed E-state index contributed by atoms with van der Waals surface area (Å²) in [5.74, 6) is -1.23. The van der Waals surface area contributed by atoms with Crippen LogP contribution in [0.25, 0.3) is 0 Å². The third kappa shape index (κ3) is 9.28. The van der Waals surface area contributed by atoms with E-state index in [1.165, 1.54) is 0 Å². The number of nitrogens with one attached hydrogen (secondary N) is 1. The standard InChI is InChI=1S/C10H22N4O9P2/c11-8(4-3-5-13-10(12)16)9(15)21-25(20,23-24(17,18)19)22-14-6-1-2-7-14/h8H,1-7,11H2,(H3,12,13,16)(H2,17,18,19)/t8-,25?/m0/s1. The van der Waals surface area contributed by atoms with Crippen molar-refractivity contribution >= 4 is 27.6 Å². The predicted octanol–water partition coefficient (Wildman–Crippen LogP) is -0.450. The van der Waals surface area contributed by atoms with Gasteiger partial charge in [-0.15, -0.1) is 0 Å². The second-order valence-corrected chi connectivity index (χ2v) is 8.06. The topological polar surface area (TPSA) is 204 Å². The van der Waals surface area contributed by atoms with Gasteiger partial charge in [0.2, 0.25) is 0 Å². The molecule has 15 heteroatoms. The Hall–Kier alpha value is -1.04. The molecule has 7 N–H and O–H groups in total. The number of nitrogens with two attached hydrogens (primary N) is 2. The summed E-state index contributed by atoms with van der Waals surface area (Å²) in [7, 11) is -10.2. The van der Waals surface area contributed by atoms with Crippen molar-refractivity contribution in [1.82, 2.24) is 10.4 Å². The summed E-state index contributed by atoms with van der Waals surface area (Å²) < 4.78 is 36.8. The molecule has 1 saturated heterocycles. The number of hydrogen-bond acceptors (Lipinski definition) is 9. The van der Waals surface area contributed by atoms with Crippen LogP contribution in [0.4, 0.5) is 4.79 Å². The van der Waals surface area contributed by atoms with Crippen LogP contribution < -0.4 is 16.8 Å². The third-order valence-corrected chi connectivity index (χ3v) is 5.47. The Kier molecular flexibility index (Phi) is 8.45. The average Bonchev–Trinajstić information content (AvgIpc) is 2.92. The number of nitrogens with zero attached hydrogens (tertiary/aromatic N) is 1. The average molecular weight is 404 g/mol. The summed E-state index contributed by atoms with van der Waals surface area (Å²) in [4.78, 5) is 40.1. The molecule has 146 valence electrons. The molecular weight excluding hydrogens is 382 g/mol. The number of carbonyl (C=O) groups excluding carboxylic acids is 2. The van der Waals surface area contributed by atoms with Gasteiger partial charge in [0.15, 0.2) is 0 Å². The lowest BCUT2D eigenvalue weighted by Crippen LogP contribution is -2.35. The van der Waals surface area contributed by atoms with Crippen LogP contribution in [-0.4, -0.2) is 52.5 Å². The fraction of sp³-hybridized carbons (Fsp3) is 0.800. The van der Waals surface area contributed by atoms with Gasteiger partial charge in [-0.25, -0.2) is 18.7 Å². The number of amides is 2. The minimum atomic E-state index is -5.26. The maximum atomic E-state index is 12.4. The lowest BCUT2D eigenvalue weighted by Gasteiger charge is -2.23. The molecule has 1 fully saturated rings. The van der Waals surface area contributed by atoms with Gasteiger partial charge in [-0.05, 0) is 25.7 Å². The van der Waals surface area contributed by atoms with Crippen molar-refractivity contribution in [3.8, 4) is 0 Å². The van der Waals surface area contributed by atoms with Crippen molar-refractivity contribution in [2.45, 2.75) is 31.7 Å². The van der Waals surface area contributed by atoms with Gasteiger partial charge < -0.3 is 31.1 Å². The number of hydroxylamine groups is 2. The number of urea groups is 1. The highest BCUT2D eigenvalue weighted by Gasteiger charge is 2.43. The van der Waals surface area contributed by atoms with Crippen LogP contribution >= 0.6 is 15.6 Å². The van der Waals surface area contributed by atoms with Crippen molar-refractivity contribution in [3.63, 3.8) is 0 Å². The van der Waals surface area contributed by atoms with Crippen molar-refractivity contribution in [2.24, 2.45) is 11.5 Å². The molecule has 1 aliphatic heterocycles. The molecule has 25 heavy (non-hydrogen) atoms. The Bertz CT molecular complexity index is 563. The second kappa shape index (κ2) is 9.60. The predicted molar refractivity (Wildman–Crippen MR) is 83.5 cm³/mol. The maximum Gasteiger partial charge on any atom is 0.558 e. The first-order valence-corrected chi connectivity index (χ1v) is 10.3. The first-order valence-electron chi connectivity index (χ1n) is 7.35. The minimum Gasteiger partial charge on any atom is -0.368 e. The fourth-order valence-electron chi connectivity index (χ4n) is 1.92. The van der Waals surface area contributed by atoms with E-state index in [0.29, 0.717) is 25.9 Å². The summed E-state index contributed by atoms with van der Waals surface area (Å²) >= 11 is 0. The smallest absolute Gasteiger partial charge is 0.368 e. The Morgan fingerprint density at radius 1 is 1.24 bits per heavy atom. The van der Waals surface area contributed by atoms with E-state index in [-0.39, 0.29) is 19.4 Å². The summed E-state index contributed by atoms with van der Waals surface area (Å²) in [6.07, 6.45) is 1.70.